The Morgan fingerprint density at radius 2 is 1.90 bits per heavy atom. The molecule has 1 unspecified atom stereocenters. The van der Waals surface area contributed by atoms with E-state index in [1.807, 2.05) is 0 Å². The highest BCUT2D eigenvalue weighted by molar-refractivity contribution is 6.25. The van der Waals surface area contributed by atoms with E-state index in [4.69, 9.17) is 5.73 Å². The number of fused-ring (bicyclic) bond motifs is 1. The molecule has 2 heterocycles. The Labute approximate surface area is 175 Å². The van der Waals surface area contributed by atoms with Gasteiger partial charge >= 0.3 is 0 Å². The van der Waals surface area contributed by atoms with Crippen LogP contribution in [0.4, 0.5) is 5.69 Å². The van der Waals surface area contributed by atoms with E-state index in [1.165, 1.54) is 0 Å². The summed E-state index contributed by atoms with van der Waals surface area (Å²) in [7, 11) is 2.07. The number of benzene rings is 1. The average Bonchev–Trinajstić information content (AvgIpc) is 2.97. The van der Waals surface area contributed by atoms with Crippen LogP contribution in [0.3, 0.4) is 0 Å². The van der Waals surface area contributed by atoms with E-state index in [9.17, 15) is 19.2 Å². The molecule has 4 amide bonds. The van der Waals surface area contributed by atoms with Gasteiger partial charge in [0.15, 0.2) is 0 Å². The monoisotopic (exact) mass is 415 g/mol. The zero-order valence-electron chi connectivity index (χ0n) is 17.3. The summed E-state index contributed by atoms with van der Waals surface area (Å²) in [6.45, 7) is 3.25. The van der Waals surface area contributed by atoms with E-state index in [0.29, 0.717) is 24.3 Å². The molecule has 0 saturated carbocycles. The Morgan fingerprint density at radius 3 is 2.63 bits per heavy atom. The van der Waals surface area contributed by atoms with Crippen molar-refractivity contribution >= 4 is 29.3 Å². The van der Waals surface area contributed by atoms with Crippen molar-refractivity contribution in [3.8, 4) is 0 Å². The SMILES string of the molecule is CN(CCCCN)CCCNc1cccc2c1C(=O)N(C1CCC(=O)NC1=O)C2=O. The maximum Gasteiger partial charge on any atom is 0.264 e. The molecular weight excluding hydrogens is 386 g/mol. The molecule has 9 nitrogen and oxygen atoms in total. The molecular formula is C21H29N5O4. The number of anilines is 1. The lowest BCUT2D eigenvalue weighted by molar-refractivity contribution is -0.136. The molecule has 1 fully saturated rings. The first-order valence-electron chi connectivity index (χ1n) is 10.4. The van der Waals surface area contributed by atoms with Crippen molar-refractivity contribution < 1.29 is 19.2 Å². The molecule has 4 N–H and O–H groups in total. The molecule has 1 aromatic rings. The number of imide groups is 2. The number of carbonyl (C=O) groups excluding carboxylic acids is 4. The fourth-order valence-corrected chi connectivity index (χ4v) is 3.87. The van der Waals surface area contributed by atoms with Gasteiger partial charge < -0.3 is 16.0 Å². The highest BCUT2D eigenvalue weighted by Crippen LogP contribution is 2.32. The van der Waals surface area contributed by atoms with Crippen molar-refractivity contribution in [3.05, 3.63) is 29.3 Å². The average molecular weight is 415 g/mol. The van der Waals surface area contributed by atoms with Gasteiger partial charge in [-0.05, 0) is 64.5 Å². The lowest BCUT2D eigenvalue weighted by Gasteiger charge is -2.27. The van der Waals surface area contributed by atoms with Gasteiger partial charge in [0.05, 0.1) is 11.1 Å². The summed E-state index contributed by atoms with van der Waals surface area (Å²) in [6, 6.07) is 4.13. The second-order valence-electron chi connectivity index (χ2n) is 7.75. The van der Waals surface area contributed by atoms with Gasteiger partial charge in [-0.25, -0.2) is 0 Å². The first-order valence-corrected chi connectivity index (χ1v) is 10.4. The van der Waals surface area contributed by atoms with Crippen molar-refractivity contribution in [2.75, 3.05) is 38.5 Å². The lowest BCUT2D eigenvalue weighted by atomic mass is 10.0. The Morgan fingerprint density at radius 1 is 1.13 bits per heavy atom. The molecule has 0 aromatic heterocycles. The fraction of sp³-hybridized carbons (Fsp3) is 0.524. The summed E-state index contributed by atoms with van der Waals surface area (Å²) in [6.07, 6.45) is 3.21. The number of rotatable bonds is 10. The van der Waals surface area contributed by atoms with Gasteiger partial charge in [0.25, 0.3) is 11.8 Å². The molecule has 162 valence electrons. The molecule has 30 heavy (non-hydrogen) atoms. The molecule has 1 saturated heterocycles. The quantitative estimate of drug-likeness (QED) is 0.377. The van der Waals surface area contributed by atoms with Crippen LogP contribution in [-0.2, 0) is 9.59 Å². The Kier molecular flexibility index (Phi) is 7.17. The first kappa shape index (κ1) is 21.9. The van der Waals surface area contributed by atoms with E-state index in [1.54, 1.807) is 18.2 Å². The van der Waals surface area contributed by atoms with Crippen LogP contribution in [0, 0.1) is 0 Å². The predicted octanol–water partition coefficient (Wildman–Crippen LogP) is 0.561. The van der Waals surface area contributed by atoms with Crippen LogP contribution >= 0.6 is 0 Å². The third-order valence-corrected chi connectivity index (χ3v) is 5.49. The van der Waals surface area contributed by atoms with Crippen LogP contribution in [0.25, 0.3) is 0 Å². The third kappa shape index (κ3) is 4.68. The van der Waals surface area contributed by atoms with Crippen molar-refractivity contribution in [2.45, 2.75) is 38.1 Å². The second kappa shape index (κ2) is 9.82. The molecule has 0 aliphatic carbocycles. The normalized spacial score (nSPS) is 18.8. The molecule has 0 spiro atoms. The van der Waals surface area contributed by atoms with Gasteiger partial charge in [-0.1, -0.05) is 6.07 Å². The van der Waals surface area contributed by atoms with Crippen LogP contribution < -0.4 is 16.4 Å². The van der Waals surface area contributed by atoms with Gasteiger partial charge in [-0.2, -0.15) is 0 Å². The summed E-state index contributed by atoms with van der Waals surface area (Å²) < 4.78 is 0. The van der Waals surface area contributed by atoms with Crippen LogP contribution in [0.15, 0.2) is 18.2 Å². The summed E-state index contributed by atoms with van der Waals surface area (Å²) >= 11 is 0. The largest absolute Gasteiger partial charge is 0.384 e. The Balaban J connectivity index is 1.62. The smallest absolute Gasteiger partial charge is 0.264 e. The van der Waals surface area contributed by atoms with E-state index in [2.05, 4.69) is 22.6 Å². The maximum absolute atomic E-state index is 13.0. The topological polar surface area (TPSA) is 125 Å². The van der Waals surface area contributed by atoms with Gasteiger partial charge in [0, 0.05) is 18.7 Å². The Hall–Kier alpha value is -2.78. The van der Waals surface area contributed by atoms with Crippen molar-refractivity contribution in [2.24, 2.45) is 5.73 Å². The number of nitrogens with zero attached hydrogens (tertiary/aromatic N) is 2. The number of piperidine rings is 1. The lowest BCUT2D eigenvalue weighted by Crippen LogP contribution is -2.54. The Bertz CT molecular complexity index is 841. The summed E-state index contributed by atoms with van der Waals surface area (Å²) in [5.74, 6) is -1.98. The number of unbranched alkanes of at least 4 members (excludes halogenated alkanes) is 1. The minimum absolute atomic E-state index is 0.105. The van der Waals surface area contributed by atoms with E-state index >= 15 is 0 Å². The molecule has 2 aliphatic rings. The molecule has 2 aliphatic heterocycles. The fourth-order valence-electron chi connectivity index (χ4n) is 3.87. The summed E-state index contributed by atoms with van der Waals surface area (Å²) in [5.41, 5.74) is 6.69. The number of amides is 4. The number of hydrogen-bond donors (Lipinski definition) is 3. The summed E-state index contributed by atoms with van der Waals surface area (Å²) in [4.78, 5) is 52.7. The molecule has 3 rings (SSSR count). The molecule has 1 aromatic carbocycles. The zero-order valence-corrected chi connectivity index (χ0v) is 17.3. The van der Waals surface area contributed by atoms with E-state index in [-0.39, 0.29) is 24.3 Å². The first-order chi connectivity index (χ1) is 14.4. The van der Waals surface area contributed by atoms with E-state index < -0.39 is 23.8 Å². The number of hydrogen-bond acceptors (Lipinski definition) is 7. The maximum atomic E-state index is 13.0. The zero-order chi connectivity index (χ0) is 21.7. The summed E-state index contributed by atoms with van der Waals surface area (Å²) in [5, 5.41) is 5.47. The van der Waals surface area contributed by atoms with Gasteiger partial charge in [0.1, 0.15) is 6.04 Å². The van der Waals surface area contributed by atoms with Crippen molar-refractivity contribution in [1.82, 2.24) is 15.1 Å². The minimum Gasteiger partial charge on any atom is -0.384 e. The van der Waals surface area contributed by atoms with Gasteiger partial charge in [0.2, 0.25) is 11.8 Å². The van der Waals surface area contributed by atoms with Crippen LogP contribution in [0.5, 0.6) is 0 Å². The second-order valence-corrected chi connectivity index (χ2v) is 7.75. The van der Waals surface area contributed by atoms with Gasteiger partial charge in [-0.15, -0.1) is 0 Å². The molecule has 0 radical (unpaired) electrons. The number of carbonyl (C=O) groups is 4. The van der Waals surface area contributed by atoms with Crippen molar-refractivity contribution in [1.29, 1.82) is 0 Å². The standard InChI is InChI=1S/C21H29N5O4/c1-25(12-3-2-10-22)13-5-11-23-15-7-4-6-14-18(15)21(30)26(20(14)29)16-8-9-17(27)24-19(16)28/h4,6-7,16,23H,2-3,5,8-13,22H2,1H3,(H,24,27,28). The van der Waals surface area contributed by atoms with Crippen molar-refractivity contribution in [3.63, 3.8) is 0 Å². The molecule has 9 heteroatoms. The number of nitrogens with one attached hydrogen (secondary N) is 2. The number of nitrogens with two attached hydrogens (primary N) is 1. The predicted molar refractivity (Wildman–Crippen MR) is 112 cm³/mol. The molecule has 0 bridgehead atoms. The highest BCUT2D eigenvalue weighted by Gasteiger charge is 2.45. The minimum atomic E-state index is -0.954. The van der Waals surface area contributed by atoms with Crippen LogP contribution in [0.1, 0.15) is 52.8 Å². The van der Waals surface area contributed by atoms with Gasteiger partial charge in [-0.3, -0.25) is 29.4 Å². The molecule has 1 atom stereocenters. The highest BCUT2D eigenvalue weighted by atomic mass is 16.2. The van der Waals surface area contributed by atoms with E-state index in [0.717, 1.165) is 37.3 Å². The van der Waals surface area contributed by atoms with Crippen LogP contribution in [-0.4, -0.2) is 72.7 Å². The van der Waals surface area contributed by atoms with Crippen LogP contribution in [0.2, 0.25) is 0 Å². The third-order valence-electron chi connectivity index (χ3n) is 5.49.